The lowest BCUT2D eigenvalue weighted by molar-refractivity contribution is -0.152. The number of phenolic OH excluding ortho intramolecular Hbond substituents is 1. The average Bonchev–Trinajstić information content (AvgIpc) is 2.77. The molecule has 2 aromatic carbocycles. The number of fused-ring (bicyclic) bond motifs is 1. The molecule has 0 saturated heterocycles. The maximum absolute atomic E-state index is 14.0. The van der Waals surface area contributed by atoms with Gasteiger partial charge in [0.2, 0.25) is 11.2 Å². The van der Waals surface area contributed by atoms with Crippen molar-refractivity contribution in [3.8, 4) is 16.9 Å². The molecule has 0 amide bonds. The van der Waals surface area contributed by atoms with Gasteiger partial charge in [-0.3, -0.25) is 9.69 Å². The molecule has 4 nitrogen and oxygen atoms in total. The minimum Gasteiger partial charge on any atom is -0.507 e. The second kappa shape index (κ2) is 10.6. The Kier molecular flexibility index (Phi) is 8.08. The minimum atomic E-state index is -4.91. The Hall–Kier alpha value is -2.51. The molecule has 0 atom stereocenters. The van der Waals surface area contributed by atoms with E-state index in [0.29, 0.717) is 5.02 Å². The van der Waals surface area contributed by atoms with E-state index in [2.05, 4.69) is 18.7 Å². The molecule has 0 aliphatic heterocycles. The van der Waals surface area contributed by atoms with E-state index in [0.717, 1.165) is 38.8 Å². The molecule has 3 aromatic rings. The van der Waals surface area contributed by atoms with E-state index in [9.17, 15) is 23.1 Å². The van der Waals surface area contributed by atoms with Crippen molar-refractivity contribution in [2.75, 3.05) is 13.1 Å². The summed E-state index contributed by atoms with van der Waals surface area (Å²) in [6.07, 6.45) is -1.17. The highest BCUT2D eigenvalue weighted by Crippen LogP contribution is 2.39. The van der Waals surface area contributed by atoms with E-state index in [1.54, 1.807) is 0 Å². The first kappa shape index (κ1) is 25.1. The summed E-state index contributed by atoms with van der Waals surface area (Å²) in [6, 6.07) is 8.19. The predicted octanol–water partition coefficient (Wildman–Crippen LogP) is 7.24. The Bertz CT molecular complexity index is 1150. The van der Waals surface area contributed by atoms with Crippen LogP contribution in [-0.2, 0) is 12.7 Å². The molecule has 33 heavy (non-hydrogen) atoms. The summed E-state index contributed by atoms with van der Waals surface area (Å²) in [5.41, 5.74) is -1.37. The van der Waals surface area contributed by atoms with Gasteiger partial charge in [-0.15, -0.1) is 0 Å². The van der Waals surface area contributed by atoms with Crippen molar-refractivity contribution in [3.05, 3.63) is 63.0 Å². The Labute approximate surface area is 195 Å². The summed E-state index contributed by atoms with van der Waals surface area (Å²) in [7, 11) is 0. The zero-order valence-corrected chi connectivity index (χ0v) is 19.4. The summed E-state index contributed by atoms with van der Waals surface area (Å²) in [5, 5.41) is 10.9. The van der Waals surface area contributed by atoms with Gasteiger partial charge in [0, 0.05) is 11.6 Å². The third-order valence-corrected chi connectivity index (χ3v) is 5.82. The molecular formula is C25H27ClF3NO3. The molecule has 0 unspecified atom stereocenters. The molecule has 1 heterocycles. The maximum Gasteiger partial charge on any atom is 0.450 e. The molecular weight excluding hydrogens is 455 g/mol. The summed E-state index contributed by atoms with van der Waals surface area (Å²) in [5.74, 6) is -1.58. The van der Waals surface area contributed by atoms with E-state index in [-0.39, 0.29) is 34.4 Å². The molecule has 0 spiro atoms. The van der Waals surface area contributed by atoms with Gasteiger partial charge in [0.1, 0.15) is 11.3 Å². The summed E-state index contributed by atoms with van der Waals surface area (Å²) in [6.45, 7) is 5.75. The van der Waals surface area contributed by atoms with Crippen LogP contribution >= 0.6 is 11.6 Å². The molecule has 0 radical (unpaired) electrons. The highest BCUT2D eigenvalue weighted by Gasteiger charge is 2.39. The van der Waals surface area contributed by atoms with Crippen LogP contribution in [0.4, 0.5) is 13.2 Å². The van der Waals surface area contributed by atoms with E-state index in [1.807, 2.05) is 0 Å². The molecule has 1 aromatic heterocycles. The average molecular weight is 482 g/mol. The third kappa shape index (κ3) is 5.71. The van der Waals surface area contributed by atoms with Gasteiger partial charge in [0.15, 0.2) is 0 Å². The second-order valence-electron chi connectivity index (χ2n) is 8.06. The van der Waals surface area contributed by atoms with Crippen LogP contribution in [-0.4, -0.2) is 23.1 Å². The number of phenols is 1. The van der Waals surface area contributed by atoms with Crippen molar-refractivity contribution in [3.63, 3.8) is 0 Å². The fourth-order valence-corrected chi connectivity index (χ4v) is 3.92. The van der Waals surface area contributed by atoms with E-state index in [4.69, 9.17) is 16.0 Å². The van der Waals surface area contributed by atoms with Crippen molar-refractivity contribution in [1.82, 2.24) is 4.90 Å². The zero-order valence-electron chi connectivity index (χ0n) is 18.6. The molecule has 0 fully saturated rings. The quantitative estimate of drug-likeness (QED) is 0.350. The summed E-state index contributed by atoms with van der Waals surface area (Å²) >= 11 is 5.87. The molecule has 3 rings (SSSR count). The van der Waals surface area contributed by atoms with Crippen molar-refractivity contribution < 1.29 is 22.7 Å². The van der Waals surface area contributed by atoms with E-state index < -0.39 is 22.9 Å². The van der Waals surface area contributed by atoms with Crippen molar-refractivity contribution in [2.45, 2.75) is 52.3 Å². The fourth-order valence-electron chi connectivity index (χ4n) is 3.79. The normalized spacial score (nSPS) is 12.1. The molecule has 1 N–H and O–H groups in total. The van der Waals surface area contributed by atoms with Crippen LogP contribution < -0.4 is 5.43 Å². The number of rotatable bonds is 9. The number of hydrogen-bond donors (Lipinski definition) is 1. The highest BCUT2D eigenvalue weighted by atomic mass is 35.5. The number of aromatic hydroxyl groups is 1. The minimum absolute atomic E-state index is 0.00770. The topological polar surface area (TPSA) is 53.7 Å². The fraction of sp³-hybridized carbons (Fsp3) is 0.400. The van der Waals surface area contributed by atoms with Crippen LogP contribution in [0.1, 0.15) is 50.9 Å². The lowest BCUT2D eigenvalue weighted by Gasteiger charge is -2.23. The second-order valence-corrected chi connectivity index (χ2v) is 8.50. The van der Waals surface area contributed by atoms with Gasteiger partial charge in [-0.2, -0.15) is 13.2 Å². The van der Waals surface area contributed by atoms with Gasteiger partial charge in [-0.1, -0.05) is 50.4 Å². The molecule has 0 saturated carbocycles. The third-order valence-electron chi connectivity index (χ3n) is 5.57. The summed E-state index contributed by atoms with van der Waals surface area (Å²) < 4.78 is 47.5. The first-order valence-electron chi connectivity index (χ1n) is 11.0. The highest BCUT2D eigenvalue weighted by molar-refractivity contribution is 6.30. The Balaban J connectivity index is 2.23. The molecule has 8 heteroatoms. The Morgan fingerprint density at radius 2 is 1.61 bits per heavy atom. The predicted molar refractivity (Wildman–Crippen MR) is 125 cm³/mol. The van der Waals surface area contributed by atoms with Gasteiger partial charge in [0.05, 0.1) is 16.5 Å². The van der Waals surface area contributed by atoms with Gasteiger partial charge >= 0.3 is 6.18 Å². The van der Waals surface area contributed by atoms with Gasteiger partial charge in [-0.05, 0) is 55.8 Å². The molecule has 0 aliphatic carbocycles. The first-order chi connectivity index (χ1) is 15.7. The van der Waals surface area contributed by atoms with Crippen LogP contribution in [0, 0.1) is 0 Å². The smallest absolute Gasteiger partial charge is 0.450 e. The number of nitrogens with zero attached hydrogens (tertiary/aromatic N) is 1. The zero-order chi connectivity index (χ0) is 24.2. The van der Waals surface area contributed by atoms with Crippen molar-refractivity contribution in [1.29, 1.82) is 0 Å². The van der Waals surface area contributed by atoms with Crippen LogP contribution in [0.3, 0.4) is 0 Å². The standard InChI is InChI=1S/C25H27ClF3NO3/c1-3-5-13-30(14-6-4-2)15-19-20(31)12-11-18-22(32)21(16-7-9-17(26)10-8-16)24(25(27,28)29)33-23(18)19/h7-12,31H,3-6,13-15H2,1-2H3. The Morgan fingerprint density at radius 3 is 2.15 bits per heavy atom. The lowest BCUT2D eigenvalue weighted by atomic mass is 10.00. The lowest BCUT2D eigenvalue weighted by Crippen LogP contribution is -2.26. The number of hydrogen-bond acceptors (Lipinski definition) is 4. The maximum atomic E-state index is 14.0. The van der Waals surface area contributed by atoms with E-state index >= 15 is 0 Å². The van der Waals surface area contributed by atoms with Gasteiger partial charge < -0.3 is 9.52 Å². The van der Waals surface area contributed by atoms with E-state index in [1.165, 1.54) is 36.4 Å². The first-order valence-corrected chi connectivity index (χ1v) is 11.4. The SMILES string of the molecule is CCCCN(CCCC)Cc1c(O)ccc2c(=O)c(-c3ccc(Cl)cc3)c(C(F)(F)F)oc12. The summed E-state index contributed by atoms with van der Waals surface area (Å²) in [4.78, 5) is 15.4. The molecule has 0 bridgehead atoms. The number of unbranched alkanes of at least 4 members (excludes halogenated alkanes) is 2. The molecule has 0 aliphatic rings. The van der Waals surface area contributed by atoms with Crippen LogP contribution in [0.15, 0.2) is 45.6 Å². The van der Waals surface area contributed by atoms with Gasteiger partial charge in [0.25, 0.3) is 0 Å². The number of alkyl halides is 3. The van der Waals surface area contributed by atoms with Crippen LogP contribution in [0.25, 0.3) is 22.1 Å². The largest absolute Gasteiger partial charge is 0.507 e. The van der Waals surface area contributed by atoms with Crippen LogP contribution in [0.5, 0.6) is 5.75 Å². The number of benzene rings is 2. The Morgan fingerprint density at radius 1 is 1.00 bits per heavy atom. The van der Waals surface area contributed by atoms with Gasteiger partial charge in [-0.25, -0.2) is 0 Å². The van der Waals surface area contributed by atoms with Crippen molar-refractivity contribution >= 4 is 22.6 Å². The van der Waals surface area contributed by atoms with Crippen molar-refractivity contribution in [2.24, 2.45) is 0 Å². The van der Waals surface area contributed by atoms with Crippen LogP contribution in [0.2, 0.25) is 5.02 Å². The number of halogens is 4. The monoisotopic (exact) mass is 481 g/mol. The molecule has 178 valence electrons.